The molecule has 8 saturated carbocycles. The first-order valence-corrected chi connectivity index (χ1v) is 16.5. The summed E-state index contributed by atoms with van der Waals surface area (Å²) in [7, 11) is -8.18. The molecule has 3 N–H and O–H groups in total. The Bertz CT molecular complexity index is 819. The molecule has 0 heterocycles. The van der Waals surface area contributed by atoms with Gasteiger partial charge in [-0.15, -0.1) is 0 Å². The van der Waals surface area contributed by atoms with Crippen molar-refractivity contribution in [3.63, 3.8) is 0 Å². The maximum Gasteiger partial charge on any atom is 0.291 e. The van der Waals surface area contributed by atoms with Crippen LogP contribution in [0.3, 0.4) is 0 Å². The van der Waals surface area contributed by atoms with Crippen LogP contribution in [0.2, 0.25) is 0 Å². The molecule has 8 bridgehead atoms. The predicted octanol–water partition coefficient (Wildman–Crippen LogP) is 3.17. The molecule has 0 amide bonds. The van der Waals surface area contributed by atoms with Gasteiger partial charge < -0.3 is 0 Å². The highest BCUT2D eigenvalue weighted by molar-refractivity contribution is 8.02. The summed E-state index contributed by atoms with van der Waals surface area (Å²) < 4.78 is 56.5. The Hall–Kier alpha value is -0.220. The molecule has 0 unspecified atom stereocenters. The molecule has 0 saturated heterocycles. The van der Waals surface area contributed by atoms with Crippen LogP contribution in [0.1, 0.15) is 77.0 Å². The molecule has 0 aliphatic heterocycles. The van der Waals surface area contributed by atoms with Crippen molar-refractivity contribution >= 4 is 20.4 Å². The van der Waals surface area contributed by atoms with Gasteiger partial charge in [-0.25, -0.2) is 9.44 Å². The Morgan fingerprint density at radius 2 is 0.788 bits per heavy atom. The molecule has 33 heavy (non-hydrogen) atoms. The Balaban J connectivity index is 0.948. The fourth-order valence-electron chi connectivity index (χ4n) is 9.94. The van der Waals surface area contributed by atoms with Gasteiger partial charge in [0.1, 0.15) is 0 Å². The molecule has 8 aliphatic rings. The van der Waals surface area contributed by atoms with E-state index in [1.165, 1.54) is 64.2 Å². The molecule has 0 spiro atoms. The Kier molecular flexibility index (Phi) is 6.13. The summed E-state index contributed by atoms with van der Waals surface area (Å²) in [5, 5.41) is 0. The van der Waals surface area contributed by atoms with Gasteiger partial charge in [0.2, 0.25) is 0 Å². The van der Waals surface area contributed by atoms with Crippen molar-refractivity contribution in [3.8, 4) is 0 Å². The van der Waals surface area contributed by atoms with Gasteiger partial charge in [0.25, 0.3) is 20.4 Å². The lowest BCUT2D eigenvalue weighted by Gasteiger charge is -2.54. The van der Waals surface area contributed by atoms with Gasteiger partial charge in [-0.3, -0.25) is 0 Å². The molecule has 0 radical (unpaired) electrons. The summed E-state index contributed by atoms with van der Waals surface area (Å²) in [6.07, 6.45) is 14.9. The minimum absolute atomic E-state index is 0.311. The van der Waals surface area contributed by atoms with Gasteiger partial charge in [0.05, 0.1) is 0 Å². The van der Waals surface area contributed by atoms with Crippen molar-refractivity contribution in [2.45, 2.75) is 77.0 Å². The zero-order valence-corrected chi connectivity index (χ0v) is 21.3. The van der Waals surface area contributed by atoms with Crippen molar-refractivity contribution in [1.82, 2.24) is 13.6 Å². The highest BCUT2D eigenvalue weighted by Crippen LogP contribution is 2.58. The van der Waals surface area contributed by atoms with E-state index in [2.05, 4.69) is 9.44 Å². The largest absolute Gasteiger partial charge is 0.291 e. The van der Waals surface area contributed by atoms with E-state index >= 15 is 0 Å². The van der Waals surface area contributed by atoms with E-state index in [4.69, 9.17) is 0 Å². The van der Waals surface area contributed by atoms with E-state index in [1.807, 2.05) is 4.13 Å². The summed E-state index contributed by atoms with van der Waals surface area (Å²) in [5.74, 6) is 7.77. The fourth-order valence-corrected chi connectivity index (χ4v) is 12.3. The first kappa shape index (κ1) is 23.2. The van der Waals surface area contributed by atoms with Crippen LogP contribution in [0.4, 0.5) is 0 Å². The molecule has 0 aromatic carbocycles. The molecule has 7 nitrogen and oxygen atoms in total. The van der Waals surface area contributed by atoms with Crippen molar-refractivity contribution in [1.29, 1.82) is 0 Å². The highest BCUT2D eigenvalue weighted by atomic mass is 32.3. The number of hydrogen-bond acceptors (Lipinski definition) is 4. The van der Waals surface area contributed by atoms with Crippen molar-refractivity contribution in [3.05, 3.63) is 0 Å². The third kappa shape index (κ3) is 4.91. The summed E-state index contributed by atoms with van der Waals surface area (Å²) in [4.78, 5) is 0. The molecule has 0 atom stereocenters. The van der Waals surface area contributed by atoms with Gasteiger partial charge in [-0.05, 0) is 136 Å². The van der Waals surface area contributed by atoms with Crippen molar-refractivity contribution in [2.24, 2.45) is 59.2 Å². The van der Waals surface area contributed by atoms with Crippen LogP contribution in [-0.2, 0) is 20.4 Å². The average molecular weight is 500 g/mol. The first-order valence-electron chi connectivity index (χ1n) is 13.5. The number of rotatable bonds is 10. The minimum atomic E-state index is -4.09. The second-order valence-electron chi connectivity index (χ2n) is 12.6. The summed E-state index contributed by atoms with van der Waals surface area (Å²) >= 11 is 0. The van der Waals surface area contributed by atoms with Crippen molar-refractivity contribution < 1.29 is 16.8 Å². The molecule has 8 fully saturated rings. The number of hydrogen-bond donors (Lipinski definition) is 3. The molecule has 9 heteroatoms. The molecule has 8 rings (SSSR count). The second-order valence-corrected chi connectivity index (χ2v) is 15.9. The molecule has 8 aliphatic carbocycles. The smallest absolute Gasteiger partial charge is 0.201 e. The third-order valence-electron chi connectivity index (χ3n) is 10.6. The normalized spacial score (nSPS) is 45.7. The monoisotopic (exact) mass is 499 g/mol. The predicted molar refractivity (Wildman–Crippen MR) is 127 cm³/mol. The highest BCUT2D eigenvalue weighted by Gasteiger charge is 2.48. The third-order valence-corrected chi connectivity index (χ3v) is 13.5. The average Bonchev–Trinajstić information content (AvgIpc) is 2.70. The lowest BCUT2D eigenvalue weighted by Crippen LogP contribution is -2.49. The standard InChI is InChI=1S/C24H41N3O4S2/c28-32(29,25-3-1-23-19-7-15-5-16(9-19)10-20(23)8-15)27-33(30,31)26-4-2-24-21-11-17-6-18(13-21)14-22(24)12-17/h15-27H,1-14H2. The van der Waals surface area contributed by atoms with Crippen LogP contribution >= 0.6 is 0 Å². The van der Waals surface area contributed by atoms with E-state index < -0.39 is 20.4 Å². The second kappa shape index (κ2) is 8.71. The van der Waals surface area contributed by atoms with E-state index in [-0.39, 0.29) is 0 Å². The quantitative estimate of drug-likeness (QED) is 0.429. The van der Waals surface area contributed by atoms with E-state index in [0.29, 0.717) is 24.9 Å². The molecule has 0 aromatic heterocycles. The van der Waals surface area contributed by atoms with Crippen LogP contribution in [0.25, 0.3) is 0 Å². The van der Waals surface area contributed by atoms with Crippen LogP contribution in [0.15, 0.2) is 0 Å². The van der Waals surface area contributed by atoms with Gasteiger partial charge in [-0.1, -0.05) is 4.13 Å². The van der Waals surface area contributed by atoms with E-state index in [0.717, 1.165) is 60.2 Å². The van der Waals surface area contributed by atoms with Crippen LogP contribution in [-0.4, -0.2) is 29.9 Å². The Morgan fingerprint density at radius 1 is 0.485 bits per heavy atom. The minimum Gasteiger partial charge on any atom is -0.201 e. The first-order chi connectivity index (χ1) is 15.7. The zero-order chi connectivity index (χ0) is 22.8. The summed E-state index contributed by atoms with van der Waals surface area (Å²) in [6.45, 7) is 0.622. The lowest BCUT2D eigenvalue weighted by atomic mass is 9.51. The lowest BCUT2D eigenvalue weighted by molar-refractivity contribution is -0.0388. The van der Waals surface area contributed by atoms with E-state index in [1.54, 1.807) is 0 Å². The summed E-state index contributed by atoms with van der Waals surface area (Å²) in [6, 6.07) is 0. The SMILES string of the molecule is O=S(=O)(NCCC1C2CC3CC(C2)CC1C3)NS(=O)(=O)NCCC1C2CC3CC(C2)CC1C3. The van der Waals surface area contributed by atoms with Crippen LogP contribution in [0.5, 0.6) is 0 Å². The fraction of sp³-hybridized carbons (Fsp3) is 1.00. The van der Waals surface area contributed by atoms with Gasteiger partial charge in [0, 0.05) is 13.1 Å². The molecular weight excluding hydrogens is 458 g/mol. The molecule has 188 valence electrons. The van der Waals surface area contributed by atoms with Crippen molar-refractivity contribution in [2.75, 3.05) is 13.1 Å². The topological polar surface area (TPSA) is 104 Å². The Morgan fingerprint density at radius 3 is 1.09 bits per heavy atom. The zero-order valence-electron chi connectivity index (χ0n) is 19.6. The maximum atomic E-state index is 12.4. The Labute approximate surface area is 200 Å². The maximum absolute atomic E-state index is 12.4. The van der Waals surface area contributed by atoms with Crippen LogP contribution in [0, 0.1) is 59.2 Å². The van der Waals surface area contributed by atoms with Gasteiger partial charge in [-0.2, -0.15) is 16.8 Å². The summed E-state index contributed by atoms with van der Waals surface area (Å²) in [5.41, 5.74) is 0. The van der Waals surface area contributed by atoms with E-state index in [9.17, 15) is 16.8 Å². The number of nitrogens with one attached hydrogen (secondary N) is 3. The van der Waals surface area contributed by atoms with Crippen LogP contribution < -0.4 is 13.6 Å². The van der Waals surface area contributed by atoms with Gasteiger partial charge >= 0.3 is 0 Å². The molecular formula is C24H41N3O4S2. The molecule has 0 aromatic rings. The van der Waals surface area contributed by atoms with Gasteiger partial charge in [0.15, 0.2) is 0 Å².